The lowest BCUT2D eigenvalue weighted by atomic mass is 10.0. The van der Waals surface area contributed by atoms with Gasteiger partial charge in [0.1, 0.15) is 18.1 Å². The lowest BCUT2D eigenvalue weighted by Gasteiger charge is -2.26. The third-order valence-corrected chi connectivity index (χ3v) is 4.80. The smallest absolute Gasteiger partial charge is 0.326 e. The molecule has 1 aromatic rings. The summed E-state index contributed by atoms with van der Waals surface area (Å²) in [5, 5.41) is 35.7. The van der Waals surface area contributed by atoms with Crippen LogP contribution in [0.4, 0.5) is 0 Å². The molecule has 5 unspecified atom stereocenters. The molecule has 5 atom stereocenters. The molecule has 11 heteroatoms. The van der Waals surface area contributed by atoms with Crippen molar-refractivity contribution in [1.82, 2.24) is 16.0 Å². The number of aliphatic hydroxyl groups excluding tert-OH is 2. The standard InChI is InChI=1S/C21H32N4O7/c1-11(2)16(22)19(29)24-15(10-26)18(28)25-17(12(3)27)20(30)23-14(21(31)32)9-13-7-5-4-6-8-13/h4-8,11-12,14-17,26-27H,9-10,22H2,1-3H3,(H,23,30)(H,24,29)(H,25,28)(H,31,32). The van der Waals surface area contributed by atoms with Crippen LogP contribution in [0.3, 0.4) is 0 Å². The molecule has 8 N–H and O–H groups in total. The summed E-state index contributed by atoms with van der Waals surface area (Å²) in [5.41, 5.74) is 6.39. The highest BCUT2D eigenvalue weighted by molar-refractivity contribution is 5.94. The number of rotatable bonds is 12. The van der Waals surface area contributed by atoms with Gasteiger partial charge in [-0.25, -0.2) is 4.79 Å². The molecule has 1 rings (SSSR count). The van der Waals surface area contributed by atoms with Crippen molar-refractivity contribution in [2.24, 2.45) is 11.7 Å². The summed E-state index contributed by atoms with van der Waals surface area (Å²) < 4.78 is 0. The molecule has 0 fully saturated rings. The van der Waals surface area contributed by atoms with Gasteiger partial charge < -0.3 is 37.0 Å². The molecule has 0 bridgehead atoms. The van der Waals surface area contributed by atoms with Crippen LogP contribution >= 0.6 is 0 Å². The van der Waals surface area contributed by atoms with Gasteiger partial charge in [0.15, 0.2) is 0 Å². The Kier molecular flexibility index (Phi) is 10.8. The SMILES string of the molecule is CC(C)C(N)C(=O)NC(CO)C(=O)NC(C(=O)NC(Cc1ccccc1)C(=O)O)C(C)O. The molecule has 0 aromatic heterocycles. The molecule has 0 aliphatic heterocycles. The van der Waals surface area contributed by atoms with Crippen molar-refractivity contribution in [1.29, 1.82) is 0 Å². The van der Waals surface area contributed by atoms with Crippen molar-refractivity contribution < 1.29 is 34.5 Å². The molecule has 3 amide bonds. The van der Waals surface area contributed by atoms with Crippen molar-refractivity contribution in [3.63, 3.8) is 0 Å². The number of nitrogens with one attached hydrogen (secondary N) is 3. The van der Waals surface area contributed by atoms with Gasteiger partial charge in [0, 0.05) is 6.42 Å². The molecule has 32 heavy (non-hydrogen) atoms. The van der Waals surface area contributed by atoms with Crippen LogP contribution in [0.5, 0.6) is 0 Å². The Morgan fingerprint density at radius 3 is 1.94 bits per heavy atom. The zero-order chi connectivity index (χ0) is 24.4. The highest BCUT2D eigenvalue weighted by Crippen LogP contribution is 2.05. The zero-order valence-corrected chi connectivity index (χ0v) is 18.3. The monoisotopic (exact) mass is 452 g/mol. The average molecular weight is 453 g/mol. The minimum Gasteiger partial charge on any atom is -0.480 e. The van der Waals surface area contributed by atoms with Crippen molar-refractivity contribution >= 4 is 23.7 Å². The first-order chi connectivity index (χ1) is 15.0. The Morgan fingerprint density at radius 2 is 1.47 bits per heavy atom. The second-order valence-electron chi connectivity index (χ2n) is 7.83. The van der Waals surface area contributed by atoms with E-state index in [0.29, 0.717) is 5.56 Å². The largest absolute Gasteiger partial charge is 0.480 e. The summed E-state index contributed by atoms with van der Waals surface area (Å²) >= 11 is 0. The van der Waals surface area contributed by atoms with E-state index in [2.05, 4.69) is 16.0 Å². The number of hydrogen-bond donors (Lipinski definition) is 7. The molecule has 0 saturated carbocycles. The van der Waals surface area contributed by atoms with E-state index in [4.69, 9.17) is 5.73 Å². The number of nitrogens with two attached hydrogens (primary N) is 1. The minimum absolute atomic E-state index is 0.00912. The van der Waals surface area contributed by atoms with Crippen LogP contribution in [-0.4, -0.2) is 75.9 Å². The third kappa shape index (κ3) is 8.25. The van der Waals surface area contributed by atoms with Crippen LogP contribution in [0.1, 0.15) is 26.3 Å². The van der Waals surface area contributed by atoms with Crippen molar-refractivity contribution in [2.75, 3.05) is 6.61 Å². The van der Waals surface area contributed by atoms with Gasteiger partial charge in [-0.1, -0.05) is 44.2 Å². The Labute approximate surface area is 186 Å². The Bertz CT molecular complexity index is 786. The maximum absolute atomic E-state index is 12.6. The second-order valence-corrected chi connectivity index (χ2v) is 7.83. The first-order valence-corrected chi connectivity index (χ1v) is 10.2. The van der Waals surface area contributed by atoms with Gasteiger partial charge in [0.05, 0.1) is 18.8 Å². The lowest BCUT2D eigenvalue weighted by molar-refractivity contribution is -0.143. The number of aliphatic carboxylic acids is 1. The van der Waals surface area contributed by atoms with E-state index in [-0.39, 0.29) is 12.3 Å². The Balaban J connectivity index is 2.87. The van der Waals surface area contributed by atoms with E-state index in [9.17, 15) is 34.5 Å². The summed E-state index contributed by atoms with van der Waals surface area (Å²) in [7, 11) is 0. The highest BCUT2D eigenvalue weighted by atomic mass is 16.4. The predicted octanol–water partition coefficient (Wildman–Crippen LogP) is -1.88. The van der Waals surface area contributed by atoms with Gasteiger partial charge in [-0.05, 0) is 18.4 Å². The van der Waals surface area contributed by atoms with Crippen molar-refractivity contribution in [3.05, 3.63) is 35.9 Å². The van der Waals surface area contributed by atoms with Crippen molar-refractivity contribution in [2.45, 2.75) is 57.5 Å². The van der Waals surface area contributed by atoms with E-state index in [1.165, 1.54) is 6.92 Å². The maximum atomic E-state index is 12.6. The molecular weight excluding hydrogens is 420 g/mol. The zero-order valence-electron chi connectivity index (χ0n) is 18.3. The quantitative estimate of drug-likeness (QED) is 0.192. The number of carboxylic acid groups (broad SMARTS) is 1. The van der Waals surface area contributed by atoms with Gasteiger partial charge in [-0.15, -0.1) is 0 Å². The van der Waals surface area contributed by atoms with Crippen LogP contribution in [0.25, 0.3) is 0 Å². The lowest BCUT2D eigenvalue weighted by Crippen LogP contribution is -2.61. The molecule has 0 aliphatic rings. The van der Waals surface area contributed by atoms with Gasteiger partial charge in [-0.3, -0.25) is 14.4 Å². The van der Waals surface area contributed by atoms with E-state index in [1.807, 2.05) is 0 Å². The third-order valence-electron chi connectivity index (χ3n) is 4.80. The molecule has 0 radical (unpaired) electrons. The number of aliphatic hydroxyl groups is 2. The average Bonchev–Trinajstić information content (AvgIpc) is 2.74. The number of benzene rings is 1. The minimum atomic E-state index is -1.52. The maximum Gasteiger partial charge on any atom is 0.326 e. The number of carbonyl (C=O) groups excluding carboxylic acids is 3. The molecule has 0 spiro atoms. The van der Waals surface area contributed by atoms with Crippen molar-refractivity contribution in [3.8, 4) is 0 Å². The van der Waals surface area contributed by atoms with Gasteiger partial charge in [0.2, 0.25) is 17.7 Å². The molecule has 0 heterocycles. The molecular formula is C21H32N4O7. The fourth-order valence-electron chi connectivity index (χ4n) is 2.74. The van der Waals surface area contributed by atoms with Crippen LogP contribution in [-0.2, 0) is 25.6 Å². The number of carboxylic acids is 1. The van der Waals surface area contributed by atoms with Crippen LogP contribution in [0.2, 0.25) is 0 Å². The van der Waals surface area contributed by atoms with E-state index in [1.54, 1.807) is 44.2 Å². The van der Waals surface area contributed by atoms with E-state index < -0.39 is 60.6 Å². The van der Waals surface area contributed by atoms with E-state index in [0.717, 1.165) is 0 Å². The molecule has 178 valence electrons. The number of amides is 3. The number of carbonyl (C=O) groups is 4. The van der Waals surface area contributed by atoms with Gasteiger partial charge in [0.25, 0.3) is 0 Å². The first kappa shape index (κ1) is 27.0. The second kappa shape index (κ2) is 12.7. The topological polar surface area (TPSA) is 191 Å². The molecule has 0 saturated heterocycles. The Hall–Kier alpha value is -3.02. The van der Waals surface area contributed by atoms with Crippen LogP contribution in [0, 0.1) is 5.92 Å². The van der Waals surface area contributed by atoms with Crippen LogP contribution < -0.4 is 21.7 Å². The Morgan fingerprint density at radius 1 is 0.906 bits per heavy atom. The summed E-state index contributed by atoms with van der Waals surface area (Å²) in [4.78, 5) is 48.8. The molecule has 1 aromatic carbocycles. The highest BCUT2D eigenvalue weighted by Gasteiger charge is 2.32. The first-order valence-electron chi connectivity index (χ1n) is 10.2. The predicted molar refractivity (Wildman–Crippen MR) is 115 cm³/mol. The summed E-state index contributed by atoms with van der Waals surface area (Å²) in [6, 6.07) is 3.46. The van der Waals surface area contributed by atoms with Gasteiger partial charge >= 0.3 is 5.97 Å². The molecule has 11 nitrogen and oxygen atoms in total. The normalized spacial score (nSPS) is 15.7. The van der Waals surface area contributed by atoms with Crippen LogP contribution in [0.15, 0.2) is 30.3 Å². The van der Waals surface area contributed by atoms with Gasteiger partial charge in [-0.2, -0.15) is 0 Å². The summed E-state index contributed by atoms with van der Waals surface area (Å²) in [5.74, 6) is -4.04. The summed E-state index contributed by atoms with van der Waals surface area (Å²) in [6.07, 6.45) is -1.40. The number of hydrogen-bond acceptors (Lipinski definition) is 7. The summed E-state index contributed by atoms with van der Waals surface area (Å²) in [6.45, 7) is 3.88. The van der Waals surface area contributed by atoms with E-state index >= 15 is 0 Å². The fraction of sp³-hybridized carbons (Fsp3) is 0.524. The fourth-order valence-corrected chi connectivity index (χ4v) is 2.74. The molecule has 0 aliphatic carbocycles.